The molecule has 3 heteroatoms. The second kappa shape index (κ2) is 3.39. The first-order valence-electron chi connectivity index (χ1n) is 4.91. The Labute approximate surface area is 88.5 Å². The summed E-state index contributed by atoms with van der Waals surface area (Å²) in [6.45, 7) is 6.81. The highest BCUT2D eigenvalue weighted by atomic mass is 32.1. The first-order chi connectivity index (χ1) is 6.61. The maximum absolute atomic E-state index is 10.6. The van der Waals surface area contributed by atoms with Crippen molar-refractivity contribution in [3.8, 4) is 0 Å². The molecule has 0 amide bonds. The van der Waals surface area contributed by atoms with Crippen LogP contribution in [0.3, 0.4) is 0 Å². The summed E-state index contributed by atoms with van der Waals surface area (Å²) in [5.41, 5.74) is 0.422. The van der Waals surface area contributed by atoms with E-state index in [1.54, 1.807) is 11.3 Å². The van der Waals surface area contributed by atoms with E-state index in [0.29, 0.717) is 5.41 Å². The summed E-state index contributed by atoms with van der Waals surface area (Å²) < 4.78 is 0. The van der Waals surface area contributed by atoms with E-state index < -0.39 is 0 Å². The van der Waals surface area contributed by atoms with Crippen molar-refractivity contribution in [3.63, 3.8) is 0 Å². The average molecular weight is 209 g/mol. The average Bonchev–Trinajstić information content (AvgIpc) is 2.70. The molecule has 0 aliphatic carbocycles. The number of carbonyl (C=O) groups excluding carboxylic acids is 1. The van der Waals surface area contributed by atoms with Crippen LogP contribution in [0, 0.1) is 5.41 Å². The van der Waals surface area contributed by atoms with Gasteiger partial charge in [-0.2, -0.15) is 0 Å². The molecular formula is C11H15NOS. The van der Waals surface area contributed by atoms with Crippen molar-refractivity contribution < 1.29 is 4.79 Å². The molecule has 14 heavy (non-hydrogen) atoms. The minimum Gasteiger partial charge on any atom is -0.363 e. The SMILES string of the molecule is CC1(C)CCN(c2ccc(C=O)s2)C1. The maximum atomic E-state index is 10.6. The van der Waals surface area contributed by atoms with E-state index in [-0.39, 0.29) is 0 Å². The topological polar surface area (TPSA) is 20.3 Å². The van der Waals surface area contributed by atoms with Crippen LogP contribution in [0.25, 0.3) is 0 Å². The number of rotatable bonds is 2. The molecule has 0 N–H and O–H groups in total. The molecule has 2 rings (SSSR count). The molecule has 1 aromatic rings. The molecule has 1 fully saturated rings. The van der Waals surface area contributed by atoms with Crippen molar-refractivity contribution in [1.29, 1.82) is 0 Å². The fraction of sp³-hybridized carbons (Fsp3) is 0.545. The van der Waals surface area contributed by atoms with Crippen LogP contribution in [0.1, 0.15) is 29.9 Å². The fourth-order valence-electron chi connectivity index (χ4n) is 1.88. The lowest BCUT2D eigenvalue weighted by molar-refractivity contribution is 0.112. The third kappa shape index (κ3) is 1.82. The van der Waals surface area contributed by atoms with Gasteiger partial charge in [0.05, 0.1) is 9.88 Å². The van der Waals surface area contributed by atoms with Gasteiger partial charge >= 0.3 is 0 Å². The molecule has 0 saturated carbocycles. The van der Waals surface area contributed by atoms with Crippen molar-refractivity contribution in [2.24, 2.45) is 5.41 Å². The summed E-state index contributed by atoms with van der Waals surface area (Å²) in [7, 11) is 0. The Morgan fingerprint density at radius 1 is 1.50 bits per heavy atom. The number of anilines is 1. The molecule has 0 aromatic carbocycles. The van der Waals surface area contributed by atoms with E-state index in [2.05, 4.69) is 24.8 Å². The minimum absolute atomic E-state index is 0.422. The first kappa shape index (κ1) is 9.71. The normalized spacial score (nSPS) is 20.0. The highest BCUT2D eigenvalue weighted by Crippen LogP contribution is 2.35. The molecule has 0 unspecified atom stereocenters. The fourth-order valence-corrected chi connectivity index (χ4v) is 2.72. The van der Waals surface area contributed by atoms with Crippen LogP contribution >= 0.6 is 11.3 Å². The van der Waals surface area contributed by atoms with Gasteiger partial charge in [-0.15, -0.1) is 11.3 Å². The van der Waals surface area contributed by atoms with E-state index in [1.807, 2.05) is 6.07 Å². The third-order valence-electron chi connectivity index (χ3n) is 2.72. The van der Waals surface area contributed by atoms with Gasteiger partial charge in [-0.25, -0.2) is 0 Å². The van der Waals surface area contributed by atoms with Crippen LogP contribution in [-0.4, -0.2) is 19.4 Å². The molecule has 76 valence electrons. The van der Waals surface area contributed by atoms with E-state index in [1.165, 1.54) is 11.4 Å². The molecule has 1 aromatic heterocycles. The largest absolute Gasteiger partial charge is 0.363 e. The van der Waals surface area contributed by atoms with E-state index >= 15 is 0 Å². The van der Waals surface area contributed by atoms with Crippen molar-refractivity contribution in [2.75, 3.05) is 18.0 Å². The van der Waals surface area contributed by atoms with Crippen LogP contribution in [-0.2, 0) is 0 Å². The van der Waals surface area contributed by atoms with Gasteiger partial charge in [0, 0.05) is 13.1 Å². The van der Waals surface area contributed by atoms with Gasteiger partial charge in [0.2, 0.25) is 0 Å². The zero-order valence-electron chi connectivity index (χ0n) is 8.62. The third-order valence-corrected chi connectivity index (χ3v) is 3.79. The number of hydrogen-bond donors (Lipinski definition) is 0. The van der Waals surface area contributed by atoms with Crippen LogP contribution in [0.5, 0.6) is 0 Å². The van der Waals surface area contributed by atoms with Crippen molar-refractivity contribution >= 4 is 22.6 Å². The lowest BCUT2D eigenvalue weighted by Crippen LogP contribution is -2.21. The maximum Gasteiger partial charge on any atom is 0.160 e. The Morgan fingerprint density at radius 3 is 2.79 bits per heavy atom. The number of thiophene rings is 1. The molecule has 0 radical (unpaired) electrons. The summed E-state index contributed by atoms with van der Waals surface area (Å²) in [6.07, 6.45) is 2.16. The summed E-state index contributed by atoms with van der Waals surface area (Å²) in [5.74, 6) is 0. The standard InChI is InChI=1S/C11H15NOS/c1-11(2)5-6-12(8-11)10-4-3-9(7-13)14-10/h3-4,7H,5-6,8H2,1-2H3. The van der Waals surface area contributed by atoms with Crippen molar-refractivity contribution in [1.82, 2.24) is 0 Å². The smallest absolute Gasteiger partial charge is 0.160 e. The van der Waals surface area contributed by atoms with Gasteiger partial charge in [0.25, 0.3) is 0 Å². The molecule has 1 aliphatic heterocycles. The Kier molecular flexibility index (Phi) is 2.35. The van der Waals surface area contributed by atoms with Crippen LogP contribution < -0.4 is 4.90 Å². The van der Waals surface area contributed by atoms with Gasteiger partial charge < -0.3 is 4.90 Å². The quantitative estimate of drug-likeness (QED) is 0.698. The van der Waals surface area contributed by atoms with Crippen LogP contribution in [0.15, 0.2) is 12.1 Å². The summed E-state index contributed by atoms with van der Waals surface area (Å²) >= 11 is 1.59. The predicted octanol–water partition coefficient (Wildman–Crippen LogP) is 2.80. The van der Waals surface area contributed by atoms with E-state index in [0.717, 1.165) is 24.3 Å². The number of aldehydes is 1. The summed E-state index contributed by atoms with van der Waals surface area (Å²) in [6, 6.07) is 3.95. The number of carbonyl (C=O) groups is 1. The Morgan fingerprint density at radius 2 is 2.29 bits per heavy atom. The predicted molar refractivity (Wildman–Crippen MR) is 60.3 cm³/mol. The Hall–Kier alpha value is -0.830. The number of nitrogens with zero attached hydrogens (tertiary/aromatic N) is 1. The van der Waals surface area contributed by atoms with Crippen molar-refractivity contribution in [2.45, 2.75) is 20.3 Å². The monoisotopic (exact) mass is 209 g/mol. The molecule has 0 atom stereocenters. The molecule has 2 nitrogen and oxygen atoms in total. The van der Waals surface area contributed by atoms with Gasteiger partial charge in [0.15, 0.2) is 6.29 Å². The first-order valence-corrected chi connectivity index (χ1v) is 5.72. The lowest BCUT2D eigenvalue weighted by Gasteiger charge is -2.19. The molecule has 0 bridgehead atoms. The minimum atomic E-state index is 0.422. The van der Waals surface area contributed by atoms with Gasteiger partial charge in [-0.05, 0) is 24.0 Å². The highest BCUT2D eigenvalue weighted by Gasteiger charge is 2.29. The Balaban J connectivity index is 2.13. The van der Waals surface area contributed by atoms with Crippen LogP contribution in [0.2, 0.25) is 0 Å². The zero-order valence-corrected chi connectivity index (χ0v) is 9.43. The van der Waals surface area contributed by atoms with E-state index in [9.17, 15) is 4.79 Å². The molecule has 2 heterocycles. The molecule has 0 spiro atoms. The van der Waals surface area contributed by atoms with Crippen molar-refractivity contribution in [3.05, 3.63) is 17.0 Å². The van der Waals surface area contributed by atoms with Gasteiger partial charge in [-0.1, -0.05) is 13.8 Å². The highest BCUT2D eigenvalue weighted by molar-refractivity contribution is 7.17. The van der Waals surface area contributed by atoms with Gasteiger partial charge in [0.1, 0.15) is 0 Å². The zero-order chi connectivity index (χ0) is 10.2. The van der Waals surface area contributed by atoms with Gasteiger partial charge in [-0.3, -0.25) is 4.79 Å². The molecule has 1 saturated heterocycles. The van der Waals surface area contributed by atoms with E-state index in [4.69, 9.17) is 0 Å². The summed E-state index contributed by atoms with van der Waals surface area (Å²) in [4.78, 5) is 13.8. The second-order valence-electron chi connectivity index (χ2n) is 4.63. The lowest BCUT2D eigenvalue weighted by atomic mass is 9.93. The number of hydrogen-bond acceptors (Lipinski definition) is 3. The molecule has 1 aliphatic rings. The van der Waals surface area contributed by atoms with Crippen LogP contribution in [0.4, 0.5) is 5.00 Å². The Bertz CT molecular complexity index is 343. The molecular weight excluding hydrogens is 194 g/mol. The second-order valence-corrected chi connectivity index (χ2v) is 5.72. The summed E-state index contributed by atoms with van der Waals surface area (Å²) in [5, 5.41) is 1.23.